The van der Waals surface area contributed by atoms with Crippen LogP contribution in [-0.2, 0) is 0 Å². The van der Waals surface area contributed by atoms with Crippen LogP contribution in [0.3, 0.4) is 0 Å². The fourth-order valence-corrected chi connectivity index (χ4v) is 3.45. The number of hydrogen-bond acceptors (Lipinski definition) is 5. The summed E-state index contributed by atoms with van der Waals surface area (Å²) in [6.07, 6.45) is 1.42. The van der Waals surface area contributed by atoms with Gasteiger partial charge in [0.05, 0.1) is 27.2 Å². The highest BCUT2D eigenvalue weighted by Crippen LogP contribution is 2.33. The van der Waals surface area contributed by atoms with E-state index in [4.69, 9.17) is 4.74 Å². The lowest BCUT2D eigenvalue weighted by Crippen LogP contribution is -2.18. The fraction of sp³-hybridized carbons (Fsp3) is 0.0667. The van der Waals surface area contributed by atoms with Gasteiger partial charge in [0.1, 0.15) is 11.3 Å². The molecule has 0 radical (unpaired) electrons. The number of para-hydroxylation sites is 1. The van der Waals surface area contributed by atoms with E-state index in [1.54, 1.807) is 25.3 Å². The summed E-state index contributed by atoms with van der Waals surface area (Å²) in [6.45, 7) is 0. The molecule has 0 saturated heterocycles. The van der Waals surface area contributed by atoms with Gasteiger partial charge < -0.3 is 4.74 Å². The van der Waals surface area contributed by atoms with Crippen molar-refractivity contribution >= 4 is 49.7 Å². The standard InChI is InChI=1S/C15H11Br2N3O4/c1-24-14-11(16)6-9(7-12(14)17)8-18-19-15(21)10-4-2-3-5-13(10)20(22)23/h2-8H,1H3,(H,19,21)/b18-8-. The summed E-state index contributed by atoms with van der Waals surface area (Å²) in [5.74, 6) is -0.0266. The number of nitro benzene ring substituents is 1. The molecule has 2 rings (SSSR count). The number of halogens is 2. The number of hydrogen-bond donors (Lipinski definition) is 1. The van der Waals surface area contributed by atoms with Crippen molar-refractivity contribution in [2.75, 3.05) is 7.11 Å². The largest absolute Gasteiger partial charge is 0.494 e. The van der Waals surface area contributed by atoms with Crippen LogP contribution in [0.15, 0.2) is 50.4 Å². The second kappa shape index (κ2) is 8.02. The summed E-state index contributed by atoms with van der Waals surface area (Å²) >= 11 is 6.72. The topological polar surface area (TPSA) is 93.8 Å². The number of nitrogens with zero attached hydrogens (tertiary/aromatic N) is 2. The Balaban J connectivity index is 2.15. The summed E-state index contributed by atoms with van der Waals surface area (Å²) in [6, 6.07) is 9.17. The van der Waals surface area contributed by atoms with E-state index < -0.39 is 10.8 Å². The Hall–Kier alpha value is -2.26. The van der Waals surface area contributed by atoms with E-state index in [9.17, 15) is 14.9 Å². The van der Waals surface area contributed by atoms with Crippen LogP contribution in [0.4, 0.5) is 5.69 Å². The van der Waals surface area contributed by atoms with Crippen LogP contribution in [0.2, 0.25) is 0 Å². The van der Waals surface area contributed by atoms with Gasteiger partial charge in [0.25, 0.3) is 11.6 Å². The monoisotopic (exact) mass is 455 g/mol. The van der Waals surface area contributed by atoms with Crippen molar-refractivity contribution in [3.05, 3.63) is 66.6 Å². The second-order valence-electron chi connectivity index (χ2n) is 4.49. The van der Waals surface area contributed by atoms with Crippen molar-refractivity contribution in [1.29, 1.82) is 0 Å². The minimum absolute atomic E-state index is 0.0586. The number of methoxy groups -OCH3 is 1. The third-order valence-electron chi connectivity index (χ3n) is 2.95. The Morgan fingerprint density at radius 3 is 2.50 bits per heavy atom. The molecule has 0 unspecified atom stereocenters. The average molecular weight is 457 g/mol. The minimum atomic E-state index is -0.662. The highest BCUT2D eigenvalue weighted by Gasteiger charge is 2.18. The fourth-order valence-electron chi connectivity index (χ4n) is 1.90. The number of carbonyl (C=O) groups is 1. The van der Waals surface area contributed by atoms with Crippen molar-refractivity contribution < 1.29 is 14.5 Å². The first-order chi connectivity index (χ1) is 11.4. The molecule has 124 valence electrons. The molecular formula is C15H11Br2N3O4. The molecule has 0 aromatic heterocycles. The molecule has 2 aromatic carbocycles. The van der Waals surface area contributed by atoms with E-state index in [1.165, 1.54) is 24.4 Å². The number of nitrogens with one attached hydrogen (secondary N) is 1. The summed E-state index contributed by atoms with van der Waals surface area (Å²) in [4.78, 5) is 22.3. The molecule has 2 aromatic rings. The van der Waals surface area contributed by atoms with E-state index >= 15 is 0 Å². The molecular weight excluding hydrogens is 446 g/mol. The molecule has 0 bridgehead atoms. The number of ether oxygens (including phenoxy) is 1. The SMILES string of the molecule is COc1c(Br)cc(/C=N\NC(=O)c2ccccc2[N+](=O)[O-])cc1Br. The highest BCUT2D eigenvalue weighted by atomic mass is 79.9. The maximum Gasteiger partial charge on any atom is 0.282 e. The maximum absolute atomic E-state index is 12.0. The summed E-state index contributed by atoms with van der Waals surface area (Å²) in [5, 5.41) is 14.7. The van der Waals surface area contributed by atoms with Gasteiger partial charge in [0.15, 0.2) is 0 Å². The zero-order valence-electron chi connectivity index (χ0n) is 12.3. The summed E-state index contributed by atoms with van der Waals surface area (Å²) in [7, 11) is 1.55. The number of rotatable bonds is 5. The molecule has 0 aliphatic rings. The second-order valence-corrected chi connectivity index (χ2v) is 6.20. The smallest absolute Gasteiger partial charge is 0.282 e. The van der Waals surface area contributed by atoms with E-state index in [0.717, 1.165) is 0 Å². The predicted octanol–water partition coefficient (Wildman–Crippen LogP) is 3.89. The molecule has 0 fully saturated rings. The lowest BCUT2D eigenvalue weighted by molar-refractivity contribution is -0.385. The van der Waals surface area contributed by atoms with Crippen LogP contribution >= 0.6 is 31.9 Å². The zero-order chi connectivity index (χ0) is 17.7. The van der Waals surface area contributed by atoms with Gasteiger partial charge >= 0.3 is 0 Å². The average Bonchev–Trinajstić information content (AvgIpc) is 2.54. The Morgan fingerprint density at radius 1 is 1.29 bits per heavy atom. The van der Waals surface area contributed by atoms with Gasteiger partial charge in [-0.25, -0.2) is 5.43 Å². The van der Waals surface area contributed by atoms with Gasteiger partial charge in [-0.1, -0.05) is 12.1 Å². The predicted molar refractivity (Wildman–Crippen MR) is 96.6 cm³/mol. The molecule has 0 aliphatic carbocycles. The number of carbonyl (C=O) groups excluding carboxylic acids is 1. The van der Waals surface area contributed by atoms with Gasteiger partial charge in [0, 0.05) is 6.07 Å². The van der Waals surface area contributed by atoms with Crippen molar-refractivity contribution in [1.82, 2.24) is 5.43 Å². The molecule has 7 nitrogen and oxygen atoms in total. The molecule has 0 aliphatic heterocycles. The Kier molecular flexibility index (Phi) is 6.04. The Morgan fingerprint density at radius 2 is 1.92 bits per heavy atom. The van der Waals surface area contributed by atoms with Crippen LogP contribution in [0.5, 0.6) is 5.75 Å². The van der Waals surface area contributed by atoms with Crippen molar-refractivity contribution in [3.8, 4) is 5.75 Å². The van der Waals surface area contributed by atoms with Gasteiger partial charge in [-0.2, -0.15) is 5.10 Å². The molecule has 9 heteroatoms. The van der Waals surface area contributed by atoms with Crippen LogP contribution in [0.25, 0.3) is 0 Å². The normalized spacial score (nSPS) is 10.6. The van der Waals surface area contributed by atoms with E-state index in [-0.39, 0.29) is 11.3 Å². The summed E-state index contributed by atoms with van der Waals surface area (Å²) in [5.41, 5.74) is 2.63. The highest BCUT2D eigenvalue weighted by molar-refractivity contribution is 9.11. The third-order valence-corrected chi connectivity index (χ3v) is 4.13. The van der Waals surface area contributed by atoms with Crippen LogP contribution in [-0.4, -0.2) is 24.2 Å². The number of nitro groups is 1. The molecule has 1 amide bonds. The van der Waals surface area contributed by atoms with Gasteiger partial charge in [-0.15, -0.1) is 0 Å². The molecule has 24 heavy (non-hydrogen) atoms. The van der Waals surface area contributed by atoms with Crippen molar-refractivity contribution in [3.63, 3.8) is 0 Å². The molecule has 0 spiro atoms. The Labute approximate surface area is 154 Å². The lowest BCUT2D eigenvalue weighted by atomic mass is 10.2. The maximum atomic E-state index is 12.0. The lowest BCUT2D eigenvalue weighted by Gasteiger charge is -2.06. The van der Waals surface area contributed by atoms with E-state index in [2.05, 4.69) is 42.4 Å². The van der Waals surface area contributed by atoms with Crippen LogP contribution < -0.4 is 10.2 Å². The first-order valence-electron chi connectivity index (χ1n) is 6.54. The number of hydrazone groups is 1. The first-order valence-corrected chi connectivity index (χ1v) is 8.12. The van der Waals surface area contributed by atoms with Crippen LogP contribution in [0, 0.1) is 10.1 Å². The quantitative estimate of drug-likeness (QED) is 0.419. The Bertz CT molecular complexity index is 801. The molecule has 0 atom stereocenters. The van der Waals surface area contributed by atoms with Gasteiger partial charge in [0.2, 0.25) is 0 Å². The van der Waals surface area contributed by atoms with Crippen molar-refractivity contribution in [2.24, 2.45) is 5.10 Å². The first kappa shape index (κ1) is 18.1. The number of benzene rings is 2. The number of amides is 1. The van der Waals surface area contributed by atoms with E-state index in [0.29, 0.717) is 20.3 Å². The molecule has 0 heterocycles. The van der Waals surface area contributed by atoms with Gasteiger partial charge in [-0.3, -0.25) is 14.9 Å². The van der Waals surface area contributed by atoms with Crippen molar-refractivity contribution in [2.45, 2.75) is 0 Å². The van der Waals surface area contributed by atoms with E-state index in [1.807, 2.05) is 0 Å². The van der Waals surface area contributed by atoms with Crippen LogP contribution in [0.1, 0.15) is 15.9 Å². The molecule has 1 N–H and O–H groups in total. The third kappa shape index (κ3) is 4.18. The van der Waals surface area contributed by atoms with Gasteiger partial charge in [-0.05, 0) is 55.6 Å². The molecule has 0 saturated carbocycles. The summed E-state index contributed by atoms with van der Waals surface area (Å²) < 4.78 is 6.62. The minimum Gasteiger partial charge on any atom is -0.494 e. The zero-order valence-corrected chi connectivity index (χ0v) is 15.5.